The molecule has 4 nitrogen and oxygen atoms in total. The predicted molar refractivity (Wildman–Crippen MR) is 88.5 cm³/mol. The highest BCUT2D eigenvalue weighted by Gasteiger charge is 2.43. The molecule has 1 amide bonds. The molecule has 2 saturated carbocycles. The summed E-state index contributed by atoms with van der Waals surface area (Å²) in [7, 11) is 0. The lowest BCUT2D eigenvalue weighted by Crippen LogP contribution is -2.40. The zero-order valence-electron chi connectivity index (χ0n) is 13.3. The van der Waals surface area contributed by atoms with E-state index in [1.165, 1.54) is 0 Å². The number of hydrogen-bond acceptors (Lipinski definition) is 3. The molecule has 0 heterocycles. The fourth-order valence-corrected chi connectivity index (χ4v) is 3.87. The molecular formula is C18H22ClNO3. The van der Waals surface area contributed by atoms with Gasteiger partial charge < -0.3 is 10.1 Å². The van der Waals surface area contributed by atoms with Crippen LogP contribution in [0.1, 0.15) is 32.6 Å². The van der Waals surface area contributed by atoms with Crippen LogP contribution in [0.15, 0.2) is 24.3 Å². The van der Waals surface area contributed by atoms with Crippen LogP contribution in [0.3, 0.4) is 0 Å². The lowest BCUT2D eigenvalue weighted by atomic mass is 9.79. The van der Waals surface area contributed by atoms with Crippen molar-refractivity contribution in [3.05, 3.63) is 29.3 Å². The quantitative estimate of drug-likeness (QED) is 0.898. The van der Waals surface area contributed by atoms with E-state index in [0.29, 0.717) is 35.9 Å². The zero-order valence-corrected chi connectivity index (χ0v) is 14.0. The summed E-state index contributed by atoms with van der Waals surface area (Å²) >= 11 is 5.93. The molecule has 5 heteroatoms. The van der Waals surface area contributed by atoms with Crippen LogP contribution in [0, 0.1) is 17.8 Å². The van der Waals surface area contributed by atoms with Crippen LogP contribution in [0.25, 0.3) is 0 Å². The third-order valence-corrected chi connectivity index (χ3v) is 5.11. The fourth-order valence-electron chi connectivity index (χ4n) is 3.69. The Morgan fingerprint density at radius 2 is 2.04 bits per heavy atom. The van der Waals surface area contributed by atoms with Crippen LogP contribution < -0.4 is 10.1 Å². The number of benzene rings is 1. The van der Waals surface area contributed by atoms with E-state index >= 15 is 0 Å². The van der Waals surface area contributed by atoms with E-state index in [9.17, 15) is 9.59 Å². The minimum Gasteiger partial charge on any atom is -0.489 e. The molecule has 23 heavy (non-hydrogen) atoms. The first kappa shape index (κ1) is 16.3. The van der Waals surface area contributed by atoms with Crippen LogP contribution in [-0.2, 0) is 9.59 Å². The number of Topliss-reactive ketones (excluding diaryl/α,β-unsaturated/α-hetero) is 1. The Morgan fingerprint density at radius 3 is 2.70 bits per heavy atom. The minimum absolute atomic E-state index is 0.0245. The van der Waals surface area contributed by atoms with Crippen molar-refractivity contribution < 1.29 is 14.3 Å². The van der Waals surface area contributed by atoms with Crippen molar-refractivity contribution in [3.63, 3.8) is 0 Å². The topological polar surface area (TPSA) is 55.4 Å². The summed E-state index contributed by atoms with van der Waals surface area (Å²) < 4.78 is 5.75. The van der Waals surface area contributed by atoms with Crippen LogP contribution in [0.5, 0.6) is 5.75 Å². The normalized spacial score (nSPS) is 27.6. The van der Waals surface area contributed by atoms with Gasteiger partial charge in [-0.2, -0.15) is 0 Å². The minimum atomic E-state index is -0.139. The molecule has 0 aliphatic heterocycles. The molecule has 3 atom stereocenters. The fraction of sp³-hybridized carbons (Fsp3) is 0.556. The number of ether oxygens (including phenoxy) is 1. The van der Waals surface area contributed by atoms with Gasteiger partial charge in [0, 0.05) is 22.8 Å². The molecule has 2 aliphatic rings. The Balaban J connectivity index is 1.46. The van der Waals surface area contributed by atoms with Gasteiger partial charge in [-0.1, -0.05) is 17.7 Å². The Kier molecular flexibility index (Phi) is 4.90. The van der Waals surface area contributed by atoms with Gasteiger partial charge in [0.15, 0.2) is 0 Å². The van der Waals surface area contributed by atoms with Crippen molar-refractivity contribution in [1.82, 2.24) is 5.32 Å². The Labute approximate surface area is 141 Å². The second-order valence-corrected chi connectivity index (χ2v) is 7.11. The zero-order chi connectivity index (χ0) is 16.4. The van der Waals surface area contributed by atoms with E-state index in [-0.39, 0.29) is 29.8 Å². The molecule has 124 valence electrons. The molecular weight excluding hydrogens is 314 g/mol. The van der Waals surface area contributed by atoms with Gasteiger partial charge >= 0.3 is 0 Å². The number of rotatable bonds is 5. The average Bonchev–Trinajstić information content (AvgIpc) is 2.74. The summed E-state index contributed by atoms with van der Waals surface area (Å²) in [6.45, 7) is 2.36. The maximum atomic E-state index is 12.3. The van der Waals surface area contributed by atoms with Crippen LogP contribution >= 0.6 is 11.6 Å². The summed E-state index contributed by atoms with van der Waals surface area (Å²) in [4.78, 5) is 24.2. The summed E-state index contributed by atoms with van der Waals surface area (Å²) in [6, 6.07) is 7.22. The first-order valence-corrected chi connectivity index (χ1v) is 8.64. The number of nitrogens with one attached hydrogen (secondary N) is 1. The van der Waals surface area contributed by atoms with Crippen molar-refractivity contribution in [2.24, 2.45) is 17.8 Å². The first-order valence-electron chi connectivity index (χ1n) is 8.26. The van der Waals surface area contributed by atoms with Crippen molar-refractivity contribution in [1.29, 1.82) is 0 Å². The predicted octanol–water partition coefficient (Wildman–Crippen LogP) is 3.23. The number of fused-ring (bicyclic) bond motifs is 2. The molecule has 0 radical (unpaired) electrons. The first-order chi connectivity index (χ1) is 11.0. The van der Waals surface area contributed by atoms with E-state index < -0.39 is 0 Å². The molecule has 1 aromatic carbocycles. The van der Waals surface area contributed by atoms with Crippen LogP contribution in [-0.4, -0.2) is 24.3 Å². The van der Waals surface area contributed by atoms with Gasteiger partial charge in [0.25, 0.3) is 0 Å². The summed E-state index contributed by atoms with van der Waals surface area (Å²) in [5, 5.41) is 3.59. The number of ketones is 1. The van der Waals surface area contributed by atoms with E-state index in [1.54, 1.807) is 12.1 Å². The summed E-state index contributed by atoms with van der Waals surface area (Å²) in [5.74, 6) is 1.33. The lowest BCUT2D eigenvalue weighted by Gasteiger charge is -2.26. The number of amides is 1. The number of halogens is 1. The van der Waals surface area contributed by atoms with Gasteiger partial charge in [0.2, 0.25) is 5.91 Å². The monoisotopic (exact) mass is 335 g/mol. The molecule has 0 spiro atoms. The smallest absolute Gasteiger partial charge is 0.223 e. The summed E-state index contributed by atoms with van der Waals surface area (Å²) in [5.41, 5.74) is 0. The average molecular weight is 336 g/mol. The van der Waals surface area contributed by atoms with Crippen molar-refractivity contribution in [2.75, 3.05) is 6.54 Å². The van der Waals surface area contributed by atoms with E-state index in [0.717, 1.165) is 12.8 Å². The summed E-state index contributed by atoms with van der Waals surface area (Å²) in [6.07, 6.45) is 3.21. The molecule has 1 aromatic rings. The number of carbonyl (C=O) groups excluding carboxylic acids is 2. The Hall–Kier alpha value is -1.55. The number of carbonyl (C=O) groups is 2. The lowest BCUT2D eigenvalue weighted by molar-refractivity contribution is -0.132. The standard InChI is InChI=1S/C18H22ClNO3/c1-11(23-16-4-2-3-15(19)9-16)10-20-18(22)14-7-12-5-6-13(8-14)17(12)21/h2-4,9,11-14H,5-8,10H2,1H3,(H,20,22). The van der Waals surface area contributed by atoms with Crippen LogP contribution in [0.2, 0.25) is 5.02 Å². The second kappa shape index (κ2) is 6.91. The Morgan fingerprint density at radius 1 is 1.35 bits per heavy atom. The van der Waals surface area contributed by atoms with Gasteiger partial charge in [-0.25, -0.2) is 0 Å². The second-order valence-electron chi connectivity index (χ2n) is 6.67. The molecule has 1 N–H and O–H groups in total. The molecule has 0 saturated heterocycles. The maximum Gasteiger partial charge on any atom is 0.223 e. The van der Waals surface area contributed by atoms with Crippen molar-refractivity contribution in [2.45, 2.75) is 38.7 Å². The SMILES string of the molecule is CC(CNC(=O)C1CC2CCC(C1)C2=O)Oc1cccc(Cl)c1. The van der Waals surface area contributed by atoms with Crippen LogP contribution in [0.4, 0.5) is 0 Å². The highest BCUT2D eigenvalue weighted by atomic mass is 35.5. The molecule has 3 unspecified atom stereocenters. The molecule has 2 bridgehead atoms. The Bertz CT molecular complexity index is 588. The molecule has 3 rings (SSSR count). The molecule has 2 fully saturated rings. The van der Waals surface area contributed by atoms with Gasteiger partial charge in [0.05, 0.1) is 6.54 Å². The van der Waals surface area contributed by atoms with E-state index in [2.05, 4.69) is 5.32 Å². The van der Waals surface area contributed by atoms with Gasteiger partial charge in [-0.3, -0.25) is 9.59 Å². The van der Waals surface area contributed by atoms with E-state index in [4.69, 9.17) is 16.3 Å². The maximum absolute atomic E-state index is 12.3. The van der Waals surface area contributed by atoms with Gasteiger partial charge in [-0.05, 0) is 50.8 Å². The highest BCUT2D eigenvalue weighted by Crippen LogP contribution is 2.42. The van der Waals surface area contributed by atoms with Crippen molar-refractivity contribution in [3.8, 4) is 5.75 Å². The third-order valence-electron chi connectivity index (χ3n) is 4.87. The third kappa shape index (κ3) is 3.86. The van der Waals surface area contributed by atoms with Crippen molar-refractivity contribution >= 4 is 23.3 Å². The van der Waals surface area contributed by atoms with Gasteiger partial charge in [-0.15, -0.1) is 0 Å². The van der Waals surface area contributed by atoms with Gasteiger partial charge in [0.1, 0.15) is 17.6 Å². The highest BCUT2D eigenvalue weighted by molar-refractivity contribution is 6.30. The number of hydrogen-bond donors (Lipinski definition) is 1. The molecule has 0 aromatic heterocycles. The molecule has 2 aliphatic carbocycles. The largest absolute Gasteiger partial charge is 0.489 e. The van der Waals surface area contributed by atoms with E-state index in [1.807, 2.05) is 19.1 Å².